The van der Waals surface area contributed by atoms with Gasteiger partial charge in [-0.05, 0) is 37.1 Å². The number of hydrogen-bond acceptors (Lipinski definition) is 6. The highest BCUT2D eigenvalue weighted by Gasteiger charge is 2.32. The summed E-state index contributed by atoms with van der Waals surface area (Å²) < 4.78 is 5.88. The van der Waals surface area contributed by atoms with Crippen LogP contribution in [-0.2, 0) is 9.53 Å². The number of fused-ring (bicyclic) bond motifs is 1. The minimum absolute atomic E-state index is 0.110. The van der Waals surface area contributed by atoms with E-state index < -0.39 is 6.10 Å². The first-order valence-electron chi connectivity index (χ1n) is 9.54. The number of nitrogens with zero attached hydrogens (tertiary/aromatic N) is 3. The molecule has 0 radical (unpaired) electrons. The van der Waals surface area contributed by atoms with Crippen molar-refractivity contribution in [3.05, 3.63) is 36.0 Å². The Morgan fingerprint density at radius 2 is 2.21 bits per heavy atom. The zero-order valence-electron chi connectivity index (χ0n) is 16.4. The Morgan fingerprint density at radius 1 is 1.43 bits per heavy atom. The molecule has 1 aromatic carbocycles. The standard InChI is InChI=1S/C21H26N4O3/c1-13(2)17(12-26)24-21(27)19-11-25(10-14(3)28-19)18-7-6-15(9-22)20-16(18)5-4-8-23-20/h4-8,13-14,17,19,26H,10-12H2,1-3H3,(H,24,27)/t14-,17?,19-/m1/s1. The predicted octanol–water partition coefficient (Wildman–Crippen LogP) is 1.83. The molecule has 1 amide bonds. The van der Waals surface area contributed by atoms with Crippen LogP contribution in [0.3, 0.4) is 0 Å². The molecule has 3 atom stereocenters. The van der Waals surface area contributed by atoms with Crippen molar-refractivity contribution in [1.82, 2.24) is 10.3 Å². The molecule has 1 fully saturated rings. The molecule has 148 valence electrons. The summed E-state index contributed by atoms with van der Waals surface area (Å²) in [5.41, 5.74) is 2.11. The fraction of sp³-hybridized carbons (Fsp3) is 0.476. The number of carbonyl (C=O) groups is 1. The highest BCUT2D eigenvalue weighted by molar-refractivity contribution is 5.95. The highest BCUT2D eigenvalue weighted by Crippen LogP contribution is 2.30. The maximum Gasteiger partial charge on any atom is 0.251 e. The van der Waals surface area contributed by atoms with Crippen LogP contribution in [0.1, 0.15) is 26.3 Å². The number of rotatable bonds is 5. The lowest BCUT2D eigenvalue weighted by atomic mass is 10.0. The highest BCUT2D eigenvalue weighted by atomic mass is 16.5. The summed E-state index contributed by atoms with van der Waals surface area (Å²) in [6, 6.07) is 9.33. The molecule has 2 heterocycles. The van der Waals surface area contributed by atoms with E-state index in [1.54, 1.807) is 12.3 Å². The molecule has 0 bridgehead atoms. The Kier molecular flexibility index (Phi) is 6.12. The van der Waals surface area contributed by atoms with Crippen molar-refractivity contribution in [3.63, 3.8) is 0 Å². The Labute approximate surface area is 164 Å². The van der Waals surface area contributed by atoms with E-state index >= 15 is 0 Å². The Bertz CT molecular complexity index is 893. The van der Waals surface area contributed by atoms with Crippen LogP contribution in [0.5, 0.6) is 0 Å². The third kappa shape index (κ3) is 4.08. The molecular formula is C21H26N4O3. The predicted molar refractivity (Wildman–Crippen MR) is 107 cm³/mol. The first kappa shape index (κ1) is 20.1. The second kappa shape index (κ2) is 8.55. The fourth-order valence-corrected chi connectivity index (χ4v) is 3.52. The van der Waals surface area contributed by atoms with Gasteiger partial charge in [0.2, 0.25) is 0 Å². The molecule has 7 nitrogen and oxygen atoms in total. The van der Waals surface area contributed by atoms with Crippen LogP contribution in [0.25, 0.3) is 10.9 Å². The number of nitrogens with one attached hydrogen (secondary N) is 1. The van der Waals surface area contributed by atoms with Crippen molar-refractivity contribution in [2.75, 3.05) is 24.6 Å². The van der Waals surface area contributed by atoms with Crippen LogP contribution in [-0.4, -0.2) is 53.9 Å². The van der Waals surface area contributed by atoms with E-state index in [1.165, 1.54) is 0 Å². The van der Waals surface area contributed by atoms with E-state index in [-0.39, 0.29) is 30.6 Å². The maximum atomic E-state index is 12.7. The number of amides is 1. The number of aromatic nitrogens is 1. The van der Waals surface area contributed by atoms with Gasteiger partial charge in [-0.3, -0.25) is 9.78 Å². The summed E-state index contributed by atoms with van der Waals surface area (Å²) in [6.07, 6.45) is 0.893. The number of benzene rings is 1. The van der Waals surface area contributed by atoms with Crippen molar-refractivity contribution < 1.29 is 14.6 Å². The van der Waals surface area contributed by atoms with E-state index in [4.69, 9.17) is 4.74 Å². The van der Waals surface area contributed by atoms with Gasteiger partial charge in [0.25, 0.3) is 5.91 Å². The van der Waals surface area contributed by atoms with Gasteiger partial charge in [0.15, 0.2) is 6.10 Å². The number of ether oxygens (including phenoxy) is 1. The van der Waals surface area contributed by atoms with Gasteiger partial charge in [-0.1, -0.05) is 13.8 Å². The zero-order valence-corrected chi connectivity index (χ0v) is 16.4. The quantitative estimate of drug-likeness (QED) is 0.819. The van der Waals surface area contributed by atoms with Gasteiger partial charge >= 0.3 is 0 Å². The molecule has 0 saturated carbocycles. The number of pyridine rings is 1. The topological polar surface area (TPSA) is 98.5 Å². The van der Waals surface area contributed by atoms with Gasteiger partial charge in [-0.15, -0.1) is 0 Å². The summed E-state index contributed by atoms with van der Waals surface area (Å²) in [5, 5.41) is 22.6. The summed E-state index contributed by atoms with van der Waals surface area (Å²) in [4.78, 5) is 19.2. The molecule has 0 spiro atoms. The van der Waals surface area contributed by atoms with Crippen LogP contribution in [0, 0.1) is 17.2 Å². The van der Waals surface area contributed by atoms with Gasteiger partial charge in [0, 0.05) is 23.8 Å². The molecule has 1 aromatic heterocycles. The minimum Gasteiger partial charge on any atom is -0.394 e. The normalized spacial score (nSPS) is 20.8. The van der Waals surface area contributed by atoms with E-state index in [2.05, 4.69) is 21.3 Å². The molecule has 3 rings (SSSR count). The van der Waals surface area contributed by atoms with Crippen molar-refractivity contribution in [2.45, 2.75) is 39.0 Å². The first-order chi connectivity index (χ1) is 13.4. The number of anilines is 1. The van der Waals surface area contributed by atoms with Crippen molar-refractivity contribution in [2.24, 2.45) is 5.92 Å². The Morgan fingerprint density at radius 3 is 2.89 bits per heavy atom. The minimum atomic E-state index is -0.640. The molecule has 1 aliphatic rings. The number of aliphatic hydroxyl groups excluding tert-OH is 1. The SMILES string of the molecule is CC(C)C(CO)NC(=O)[C@H]1CN(c2ccc(C#N)c3ncccc23)C[C@@H](C)O1. The monoisotopic (exact) mass is 382 g/mol. The van der Waals surface area contributed by atoms with E-state index in [0.29, 0.717) is 24.2 Å². The van der Waals surface area contributed by atoms with Crippen LogP contribution in [0.4, 0.5) is 5.69 Å². The lowest BCUT2D eigenvalue weighted by molar-refractivity contribution is -0.138. The summed E-state index contributed by atoms with van der Waals surface area (Å²) in [5.74, 6) is -0.0972. The largest absolute Gasteiger partial charge is 0.394 e. The number of aliphatic hydroxyl groups is 1. The second-order valence-electron chi connectivity index (χ2n) is 7.53. The van der Waals surface area contributed by atoms with E-state index in [0.717, 1.165) is 11.1 Å². The molecule has 1 saturated heterocycles. The second-order valence-corrected chi connectivity index (χ2v) is 7.53. The fourth-order valence-electron chi connectivity index (χ4n) is 3.52. The van der Waals surface area contributed by atoms with E-state index in [1.807, 2.05) is 39.0 Å². The summed E-state index contributed by atoms with van der Waals surface area (Å²) in [7, 11) is 0. The lowest BCUT2D eigenvalue weighted by Gasteiger charge is -2.38. The zero-order chi connectivity index (χ0) is 20.3. The van der Waals surface area contributed by atoms with Gasteiger partial charge < -0.3 is 20.1 Å². The molecule has 7 heteroatoms. The number of carbonyl (C=O) groups excluding carboxylic acids is 1. The maximum absolute atomic E-state index is 12.7. The van der Waals surface area contributed by atoms with Gasteiger partial charge in [-0.2, -0.15) is 5.26 Å². The molecular weight excluding hydrogens is 356 g/mol. The number of nitriles is 1. The van der Waals surface area contributed by atoms with Gasteiger partial charge in [0.05, 0.1) is 36.4 Å². The van der Waals surface area contributed by atoms with Crippen LogP contribution >= 0.6 is 0 Å². The molecule has 1 aliphatic heterocycles. The first-order valence-corrected chi connectivity index (χ1v) is 9.54. The van der Waals surface area contributed by atoms with Gasteiger partial charge in [0.1, 0.15) is 6.07 Å². The van der Waals surface area contributed by atoms with Crippen LogP contribution < -0.4 is 10.2 Å². The Balaban J connectivity index is 1.87. The summed E-state index contributed by atoms with van der Waals surface area (Å²) in [6.45, 7) is 6.75. The lowest BCUT2D eigenvalue weighted by Crippen LogP contribution is -2.55. The van der Waals surface area contributed by atoms with Crippen molar-refractivity contribution in [3.8, 4) is 6.07 Å². The Hall–Kier alpha value is -2.69. The summed E-state index contributed by atoms with van der Waals surface area (Å²) >= 11 is 0. The average molecular weight is 382 g/mol. The molecule has 2 aromatic rings. The smallest absolute Gasteiger partial charge is 0.251 e. The van der Waals surface area contributed by atoms with Crippen LogP contribution in [0.15, 0.2) is 30.5 Å². The van der Waals surface area contributed by atoms with Crippen molar-refractivity contribution in [1.29, 1.82) is 5.26 Å². The third-order valence-corrected chi connectivity index (χ3v) is 5.09. The molecule has 28 heavy (non-hydrogen) atoms. The van der Waals surface area contributed by atoms with Crippen molar-refractivity contribution >= 4 is 22.5 Å². The number of morpholine rings is 1. The average Bonchev–Trinajstić information content (AvgIpc) is 2.70. The molecule has 2 N–H and O–H groups in total. The van der Waals surface area contributed by atoms with Crippen LogP contribution in [0.2, 0.25) is 0 Å². The van der Waals surface area contributed by atoms with Gasteiger partial charge in [-0.25, -0.2) is 0 Å². The third-order valence-electron chi connectivity index (χ3n) is 5.09. The number of hydrogen-bond donors (Lipinski definition) is 2. The molecule has 0 aliphatic carbocycles. The molecule has 1 unspecified atom stereocenters. The van der Waals surface area contributed by atoms with E-state index in [9.17, 15) is 15.2 Å².